The third-order valence-electron chi connectivity index (χ3n) is 4.94. The Morgan fingerprint density at radius 1 is 1.16 bits per heavy atom. The quantitative estimate of drug-likeness (QED) is 0.779. The Kier molecular flexibility index (Phi) is 3.26. The van der Waals surface area contributed by atoms with E-state index in [2.05, 4.69) is 4.98 Å². The smallest absolute Gasteiger partial charge is 0.433 e. The van der Waals surface area contributed by atoms with Crippen molar-refractivity contribution in [1.29, 1.82) is 0 Å². The molecule has 3 aromatic rings. The molecule has 1 aromatic carbocycles. The van der Waals surface area contributed by atoms with Crippen molar-refractivity contribution in [2.45, 2.75) is 23.7 Å². The number of benzene rings is 1. The lowest BCUT2D eigenvalue weighted by Crippen LogP contribution is -2.34. The average Bonchev–Trinajstić information content (AvgIpc) is 3.00. The van der Waals surface area contributed by atoms with Gasteiger partial charge in [-0.3, -0.25) is 4.98 Å². The summed E-state index contributed by atoms with van der Waals surface area (Å²) in [5.41, 5.74) is 4.32. The van der Waals surface area contributed by atoms with Gasteiger partial charge in [0.1, 0.15) is 11.2 Å². The Morgan fingerprint density at radius 2 is 1.92 bits per heavy atom. The molecular formula is C18H15F3N2O2. The molecule has 0 bridgehead atoms. The number of nitrogens with two attached hydrogens (primary N) is 1. The lowest BCUT2D eigenvalue weighted by atomic mass is 9.95. The number of pyridine rings is 1. The number of ether oxygens (including phenoxy) is 1. The Labute approximate surface area is 141 Å². The van der Waals surface area contributed by atoms with Crippen LogP contribution in [0.4, 0.5) is 13.2 Å². The molecule has 2 heterocycles. The summed E-state index contributed by atoms with van der Waals surface area (Å²) in [5.74, 6) is 0. The number of hydrogen-bond acceptors (Lipinski definition) is 4. The number of aromatic nitrogens is 1. The summed E-state index contributed by atoms with van der Waals surface area (Å²) in [6, 6.07) is 10.1. The van der Waals surface area contributed by atoms with Gasteiger partial charge in [0, 0.05) is 36.2 Å². The highest BCUT2D eigenvalue weighted by molar-refractivity contribution is 5.83. The van der Waals surface area contributed by atoms with Crippen molar-refractivity contribution in [1.82, 2.24) is 4.98 Å². The SMILES string of the molecule is COC1(c2cccnc2C(F)(F)F)CC1(N)c1coc2ccccc12. The van der Waals surface area contributed by atoms with Crippen LogP contribution in [-0.2, 0) is 22.1 Å². The van der Waals surface area contributed by atoms with Crippen molar-refractivity contribution in [2.75, 3.05) is 7.11 Å². The van der Waals surface area contributed by atoms with Crippen LogP contribution in [0.25, 0.3) is 11.0 Å². The van der Waals surface area contributed by atoms with Gasteiger partial charge in [-0.25, -0.2) is 0 Å². The summed E-state index contributed by atoms with van der Waals surface area (Å²) in [4.78, 5) is 3.53. The summed E-state index contributed by atoms with van der Waals surface area (Å²) in [7, 11) is 1.37. The van der Waals surface area contributed by atoms with Crippen LogP contribution in [0.15, 0.2) is 53.3 Å². The molecule has 0 radical (unpaired) electrons. The molecule has 130 valence electrons. The van der Waals surface area contributed by atoms with Crippen molar-refractivity contribution in [2.24, 2.45) is 5.73 Å². The number of methoxy groups -OCH3 is 1. The second-order valence-electron chi connectivity index (χ2n) is 6.22. The summed E-state index contributed by atoms with van der Waals surface area (Å²) in [6.45, 7) is 0. The molecule has 7 heteroatoms. The van der Waals surface area contributed by atoms with E-state index >= 15 is 0 Å². The highest BCUT2D eigenvalue weighted by atomic mass is 19.4. The van der Waals surface area contributed by atoms with Gasteiger partial charge in [-0.05, 0) is 12.1 Å². The van der Waals surface area contributed by atoms with Gasteiger partial charge < -0.3 is 14.9 Å². The monoisotopic (exact) mass is 348 g/mol. The lowest BCUT2D eigenvalue weighted by Gasteiger charge is -2.24. The normalized spacial score (nSPS) is 26.1. The Balaban J connectivity index is 1.89. The molecule has 1 aliphatic carbocycles. The number of hydrogen-bond donors (Lipinski definition) is 1. The van der Waals surface area contributed by atoms with E-state index in [9.17, 15) is 13.2 Å². The number of nitrogens with zero attached hydrogens (tertiary/aromatic N) is 1. The number of rotatable bonds is 3. The van der Waals surface area contributed by atoms with Crippen molar-refractivity contribution < 1.29 is 22.3 Å². The Bertz CT molecular complexity index is 953. The molecule has 0 spiro atoms. The van der Waals surface area contributed by atoms with Gasteiger partial charge in [0.15, 0.2) is 5.69 Å². The van der Waals surface area contributed by atoms with Crippen LogP contribution >= 0.6 is 0 Å². The van der Waals surface area contributed by atoms with Crippen molar-refractivity contribution >= 4 is 11.0 Å². The van der Waals surface area contributed by atoms with Crippen LogP contribution < -0.4 is 5.73 Å². The van der Waals surface area contributed by atoms with Crippen LogP contribution in [0.3, 0.4) is 0 Å². The molecule has 2 aromatic heterocycles. The molecule has 2 atom stereocenters. The molecule has 2 unspecified atom stereocenters. The first-order valence-corrected chi connectivity index (χ1v) is 7.67. The van der Waals surface area contributed by atoms with E-state index < -0.39 is 23.0 Å². The van der Waals surface area contributed by atoms with Crippen molar-refractivity contribution in [3.8, 4) is 0 Å². The van der Waals surface area contributed by atoms with Gasteiger partial charge in [-0.2, -0.15) is 13.2 Å². The molecule has 1 saturated carbocycles. The number of halogens is 3. The molecule has 25 heavy (non-hydrogen) atoms. The summed E-state index contributed by atoms with van der Waals surface area (Å²) in [5, 5.41) is 0.765. The molecule has 4 rings (SSSR count). The zero-order chi connectivity index (χ0) is 17.9. The van der Waals surface area contributed by atoms with E-state index in [1.54, 1.807) is 6.07 Å². The minimum absolute atomic E-state index is 0.0576. The third kappa shape index (κ3) is 2.12. The molecule has 1 aliphatic rings. The van der Waals surface area contributed by atoms with Gasteiger partial charge in [-0.15, -0.1) is 0 Å². The number of fused-ring (bicyclic) bond motifs is 1. The van der Waals surface area contributed by atoms with Crippen LogP contribution in [-0.4, -0.2) is 12.1 Å². The summed E-state index contributed by atoms with van der Waals surface area (Å²) < 4.78 is 51.3. The lowest BCUT2D eigenvalue weighted by molar-refractivity contribution is -0.143. The van der Waals surface area contributed by atoms with Crippen LogP contribution in [0.1, 0.15) is 23.2 Å². The predicted molar refractivity (Wildman–Crippen MR) is 84.6 cm³/mol. The second-order valence-corrected chi connectivity index (χ2v) is 6.22. The topological polar surface area (TPSA) is 61.3 Å². The largest absolute Gasteiger partial charge is 0.464 e. The fourth-order valence-electron chi connectivity index (χ4n) is 3.64. The third-order valence-corrected chi connectivity index (χ3v) is 4.94. The highest BCUT2D eigenvalue weighted by Crippen LogP contribution is 2.64. The van der Waals surface area contributed by atoms with Gasteiger partial charge in [0.2, 0.25) is 0 Å². The van der Waals surface area contributed by atoms with E-state index in [-0.39, 0.29) is 12.0 Å². The van der Waals surface area contributed by atoms with Gasteiger partial charge in [0.05, 0.1) is 11.8 Å². The van der Waals surface area contributed by atoms with E-state index in [0.29, 0.717) is 11.1 Å². The molecular weight excluding hydrogens is 333 g/mol. The number of furan rings is 1. The van der Waals surface area contributed by atoms with E-state index in [1.165, 1.54) is 25.5 Å². The molecule has 0 amide bonds. The maximum atomic E-state index is 13.4. The van der Waals surface area contributed by atoms with E-state index in [4.69, 9.17) is 14.9 Å². The van der Waals surface area contributed by atoms with E-state index in [0.717, 1.165) is 11.6 Å². The van der Waals surface area contributed by atoms with Gasteiger partial charge >= 0.3 is 6.18 Å². The molecule has 0 aliphatic heterocycles. The van der Waals surface area contributed by atoms with Crippen molar-refractivity contribution in [3.05, 3.63) is 65.7 Å². The second kappa shape index (κ2) is 5.06. The first kappa shape index (κ1) is 16.1. The minimum Gasteiger partial charge on any atom is -0.464 e. The maximum absolute atomic E-state index is 13.4. The molecule has 4 nitrogen and oxygen atoms in total. The number of para-hydroxylation sites is 1. The zero-order valence-electron chi connectivity index (χ0n) is 13.3. The maximum Gasteiger partial charge on any atom is 0.433 e. The first-order valence-electron chi connectivity index (χ1n) is 7.67. The van der Waals surface area contributed by atoms with Crippen LogP contribution in [0, 0.1) is 0 Å². The standard InChI is InChI=1S/C18H15F3N2O2/c1-24-17(12-6-4-8-23-15(12)18(19,20)21)10-16(17,22)13-9-25-14-7-3-2-5-11(13)14/h2-9H,10,22H2,1H3. The fourth-order valence-corrected chi connectivity index (χ4v) is 3.64. The predicted octanol–water partition coefficient (Wildman–Crippen LogP) is 3.95. The van der Waals surface area contributed by atoms with Gasteiger partial charge in [-0.1, -0.05) is 24.3 Å². The summed E-state index contributed by atoms with van der Waals surface area (Å²) >= 11 is 0. The summed E-state index contributed by atoms with van der Waals surface area (Å²) in [6.07, 6.45) is -1.78. The fraction of sp³-hybridized carbons (Fsp3) is 0.278. The Hall–Kier alpha value is -2.38. The Morgan fingerprint density at radius 3 is 2.64 bits per heavy atom. The average molecular weight is 348 g/mol. The first-order chi connectivity index (χ1) is 11.8. The van der Waals surface area contributed by atoms with Crippen LogP contribution in [0.2, 0.25) is 0 Å². The zero-order valence-corrected chi connectivity index (χ0v) is 13.3. The minimum atomic E-state index is -4.59. The van der Waals surface area contributed by atoms with Crippen molar-refractivity contribution in [3.63, 3.8) is 0 Å². The van der Waals surface area contributed by atoms with E-state index in [1.807, 2.05) is 18.2 Å². The molecule has 2 N–H and O–H groups in total. The van der Waals surface area contributed by atoms with Crippen LogP contribution in [0.5, 0.6) is 0 Å². The molecule has 1 fully saturated rings. The highest BCUT2D eigenvalue weighted by Gasteiger charge is 2.71. The molecule has 0 saturated heterocycles. The van der Waals surface area contributed by atoms with Gasteiger partial charge in [0.25, 0.3) is 0 Å². The number of alkyl halides is 3.